The summed E-state index contributed by atoms with van der Waals surface area (Å²) in [5.41, 5.74) is -0.412. The van der Waals surface area contributed by atoms with Crippen LogP contribution in [0.1, 0.15) is 18.4 Å². The van der Waals surface area contributed by atoms with E-state index < -0.39 is 23.3 Å². The number of aliphatic hydroxyl groups is 1. The van der Waals surface area contributed by atoms with E-state index in [1.807, 2.05) is 0 Å². The van der Waals surface area contributed by atoms with E-state index >= 15 is 0 Å². The van der Waals surface area contributed by atoms with Crippen molar-refractivity contribution in [3.63, 3.8) is 0 Å². The van der Waals surface area contributed by atoms with Gasteiger partial charge < -0.3 is 10.2 Å². The van der Waals surface area contributed by atoms with Crippen molar-refractivity contribution in [3.8, 4) is 0 Å². The largest absolute Gasteiger partial charge is 0.479 e. The van der Waals surface area contributed by atoms with Gasteiger partial charge in [-0.2, -0.15) is 0 Å². The molecule has 1 unspecified atom stereocenters. The molecule has 2 N–H and O–H groups in total. The third-order valence-corrected chi connectivity index (χ3v) is 3.20. The Labute approximate surface area is 96.5 Å². The molecule has 0 bridgehead atoms. The number of carboxylic acid groups (broad SMARTS) is 1. The van der Waals surface area contributed by atoms with Crippen molar-refractivity contribution in [3.05, 3.63) is 34.6 Å². The highest BCUT2D eigenvalue weighted by Crippen LogP contribution is 2.51. The summed E-state index contributed by atoms with van der Waals surface area (Å²) in [6, 6.07) is 3.88. The van der Waals surface area contributed by atoms with Crippen molar-refractivity contribution < 1.29 is 19.4 Å². The lowest BCUT2D eigenvalue weighted by atomic mass is 9.90. The maximum Gasteiger partial charge on any atom is 0.333 e. The lowest BCUT2D eigenvalue weighted by Crippen LogP contribution is -2.33. The zero-order valence-electron chi connectivity index (χ0n) is 8.28. The number of carboxylic acids is 1. The van der Waals surface area contributed by atoms with Crippen LogP contribution in [-0.4, -0.2) is 22.3 Å². The van der Waals surface area contributed by atoms with Crippen molar-refractivity contribution in [2.75, 3.05) is 0 Å². The van der Waals surface area contributed by atoms with Gasteiger partial charge in [0, 0.05) is 10.4 Å². The van der Waals surface area contributed by atoms with Gasteiger partial charge >= 0.3 is 5.97 Å². The smallest absolute Gasteiger partial charge is 0.333 e. The van der Waals surface area contributed by atoms with Crippen LogP contribution in [-0.2, 0) is 10.2 Å². The topological polar surface area (TPSA) is 57.5 Å². The zero-order valence-corrected chi connectivity index (χ0v) is 9.04. The summed E-state index contributed by atoms with van der Waals surface area (Å²) >= 11 is 5.70. The van der Waals surface area contributed by atoms with E-state index in [9.17, 15) is 14.3 Å². The minimum atomic E-state index is -1.51. The van der Waals surface area contributed by atoms with Crippen LogP contribution in [0, 0.1) is 5.82 Å². The standard InChI is InChI=1S/C11H10ClFO3/c12-7-3-6(4-8(13)5-7)11(1-2-11)9(14)10(15)16/h3-5,9,14H,1-2H2,(H,15,16). The van der Waals surface area contributed by atoms with Gasteiger partial charge in [-0.1, -0.05) is 11.6 Å². The lowest BCUT2D eigenvalue weighted by molar-refractivity contribution is -0.148. The van der Waals surface area contributed by atoms with Crippen molar-refractivity contribution in [1.29, 1.82) is 0 Å². The molecule has 16 heavy (non-hydrogen) atoms. The van der Waals surface area contributed by atoms with Gasteiger partial charge in [0.05, 0.1) is 0 Å². The van der Waals surface area contributed by atoms with Crippen molar-refractivity contribution >= 4 is 17.6 Å². The third kappa shape index (κ3) is 1.79. The van der Waals surface area contributed by atoms with Crippen LogP contribution in [0.2, 0.25) is 5.02 Å². The van der Waals surface area contributed by atoms with Crippen molar-refractivity contribution in [2.45, 2.75) is 24.4 Å². The predicted molar refractivity (Wildman–Crippen MR) is 56.0 cm³/mol. The van der Waals surface area contributed by atoms with E-state index in [-0.39, 0.29) is 5.02 Å². The lowest BCUT2D eigenvalue weighted by Gasteiger charge is -2.19. The van der Waals surface area contributed by atoms with E-state index in [4.69, 9.17) is 16.7 Å². The van der Waals surface area contributed by atoms with Gasteiger partial charge in [0.2, 0.25) is 0 Å². The molecular weight excluding hydrogens is 235 g/mol. The molecule has 3 nitrogen and oxygen atoms in total. The molecule has 2 rings (SSSR count). The molecule has 0 aliphatic heterocycles. The van der Waals surface area contributed by atoms with E-state index in [1.165, 1.54) is 12.1 Å². The van der Waals surface area contributed by atoms with Gasteiger partial charge in [0.1, 0.15) is 5.82 Å². The molecule has 1 aromatic rings. The Morgan fingerprint density at radius 1 is 1.44 bits per heavy atom. The van der Waals surface area contributed by atoms with Crippen LogP contribution in [0.4, 0.5) is 4.39 Å². The molecule has 1 aliphatic carbocycles. The van der Waals surface area contributed by atoms with Crippen molar-refractivity contribution in [2.24, 2.45) is 0 Å². The van der Waals surface area contributed by atoms with Gasteiger partial charge in [-0.3, -0.25) is 0 Å². The molecule has 86 valence electrons. The molecule has 0 amide bonds. The van der Waals surface area contributed by atoms with E-state index in [0.717, 1.165) is 6.07 Å². The fourth-order valence-corrected chi connectivity index (χ4v) is 2.15. The number of rotatable bonds is 3. The minimum Gasteiger partial charge on any atom is -0.479 e. The summed E-state index contributed by atoms with van der Waals surface area (Å²) in [7, 11) is 0. The first-order valence-corrected chi connectivity index (χ1v) is 5.21. The van der Waals surface area contributed by atoms with Gasteiger partial charge in [-0.25, -0.2) is 9.18 Å². The highest BCUT2D eigenvalue weighted by molar-refractivity contribution is 6.30. The number of aliphatic carboxylic acids is 1. The average Bonchev–Trinajstić information content (AvgIpc) is 2.95. The Bertz CT molecular complexity index is 423. The van der Waals surface area contributed by atoms with E-state index in [2.05, 4.69) is 0 Å². The van der Waals surface area contributed by atoms with Crippen LogP contribution in [0.3, 0.4) is 0 Å². The highest BCUT2D eigenvalue weighted by atomic mass is 35.5. The second-order valence-corrected chi connectivity index (χ2v) is 4.49. The summed E-state index contributed by atoms with van der Waals surface area (Å²) in [6.45, 7) is 0. The van der Waals surface area contributed by atoms with Crippen LogP contribution < -0.4 is 0 Å². The first-order valence-electron chi connectivity index (χ1n) is 4.83. The number of halogens is 2. The maximum atomic E-state index is 13.1. The third-order valence-electron chi connectivity index (χ3n) is 2.98. The molecule has 0 radical (unpaired) electrons. The molecule has 1 aliphatic rings. The number of carbonyl (C=O) groups is 1. The molecule has 0 spiro atoms. The molecule has 0 saturated heterocycles. The van der Waals surface area contributed by atoms with Gasteiger partial charge in [0.15, 0.2) is 6.10 Å². The van der Waals surface area contributed by atoms with Gasteiger partial charge in [-0.05, 0) is 36.6 Å². The first-order chi connectivity index (χ1) is 7.45. The SMILES string of the molecule is O=C(O)C(O)C1(c2cc(F)cc(Cl)c2)CC1. The Morgan fingerprint density at radius 2 is 2.06 bits per heavy atom. The van der Waals surface area contributed by atoms with E-state index in [1.54, 1.807) is 0 Å². The summed E-state index contributed by atoms with van der Waals surface area (Å²) in [4.78, 5) is 10.8. The fraction of sp³-hybridized carbons (Fsp3) is 0.364. The van der Waals surface area contributed by atoms with Crippen LogP contribution in [0.5, 0.6) is 0 Å². The highest BCUT2D eigenvalue weighted by Gasteiger charge is 2.53. The molecule has 1 fully saturated rings. The second-order valence-electron chi connectivity index (χ2n) is 4.06. The molecule has 1 atom stereocenters. The monoisotopic (exact) mass is 244 g/mol. The van der Waals surface area contributed by atoms with Crippen LogP contribution in [0.25, 0.3) is 0 Å². The molecular formula is C11H10ClFO3. The molecule has 0 aromatic heterocycles. The summed E-state index contributed by atoms with van der Waals surface area (Å²) < 4.78 is 13.1. The number of hydrogen-bond donors (Lipinski definition) is 2. The quantitative estimate of drug-likeness (QED) is 0.855. The normalized spacial score (nSPS) is 19.2. The Kier molecular flexibility index (Phi) is 2.64. The number of benzene rings is 1. The Morgan fingerprint density at radius 3 is 2.50 bits per heavy atom. The molecule has 1 saturated carbocycles. The predicted octanol–water partition coefficient (Wildman–Crippen LogP) is 1.96. The zero-order chi connectivity index (χ0) is 11.9. The fourth-order valence-electron chi connectivity index (χ4n) is 1.93. The average molecular weight is 245 g/mol. The Hall–Kier alpha value is -1.13. The van der Waals surface area contributed by atoms with Crippen LogP contribution >= 0.6 is 11.6 Å². The minimum absolute atomic E-state index is 0.207. The van der Waals surface area contributed by atoms with Crippen molar-refractivity contribution in [1.82, 2.24) is 0 Å². The second kappa shape index (κ2) is 3.71. The summed E-state index contributed by atoms with van der Waals surface area (Å²) in [5.74, 6) is -1.82. The number of aliphatic hydroxyl groups excluding tert-OH is 1. The molecule has 5 heteroatoms. The number of hydrogen-bond acceptors (Lipinski definition) is 2. The molecule has 0 heterocycles. The first kappa shape index (κ1) is 11.4. The van der Waals surface area contributed by atoms with Gasteiger partial charge in [0.25, 0.3) is 0 Å². The molecule has 1 aromatic carbocycles. The summed E-state index contributed by atoms with van der Waals surface area (Å²) in [5, 5.41) is 18.6. The van der Waals surface area contributed by atoms with Gasteiger partial charge in [-0.15, -0.1) is 0 Å². The summed E-state index contributed by atoms with van der Waals surface area (Å²) in [6.07, 6.45) is -0.453. The Balaban J connectivity index is 2.40. The maximum absolute atomic E-state index is 13.1. The van der Waals surface area contributed by atoms with E-state index in [0.29, 0.717) is 18.4 Å². The van der Waals surface area contributed by atoms with Crippen LogP contribution in [0.15, 0.2) is 18.2 Å².